The lowest BCUT2D eigenvalue weighted by Gasteiger charge is -2.36. The molecule has 6 rings (SSSR count). The number of amides is 8. The summed E-state index contributed by atoms with van der Waals surface area (Å²) in [6.07, 6.45) is 6.49. The van der Waals surface area contributed by atoms with Gasteiger partial charge in [-0.05, 0) is 125 Å². The highest BCUT2D eigenvalue weighted by Gasteiger charge is 2.48. The fraction of sp³-hybridized carbons (Fsp3) is 0.643. The lowest BCUT2D eigenvalue weighted by Crippen LogP contribution is -2.59. The average molecular weight is 1100 g/mol. The number of aryl methyl sites for hydroxylation is 2. The second kappa shape index (κ2) is 27.8. The second-order valence-corrected chi connectivity index (χ2v) is 23.2. The third kappa shape index (κ3) is 16.1. The minimum Gasteiger partial charge on any atom is -0.351 e. The first-order valence-corrected chi connectivity index (χ1v) is 26.9. The molecular formula is C56H86Cl2N10O8. The number of carbonyl (C=O) groups is 8. The van der Waals surface area contributed by atoms with E-state index in [-0.39, 0.29) is 111 Å². The van der Waals surface area contributed by atoms with Gasteiger partial charge in [0, 0.05) is 38.0 Å². The fourth-order valence-electron chi connectivity index (χ4n) is 10.8. The summed E-state index contributed by atoms with van der Waals surface area (Å²) in [6, 6.07) is 9.73. The van der Waals surface area contributed by atoms with E-state index in [0.29, 0.717) is 12.8 Å². The molecule has 76 heavy (non-hydrogen) atoms. The lowest BCUT2D eigenvalue weighted by atomic mass is 9.85. The number of hydrogen-bond donors (Lipinski definition) is 8. The number of rotatable bonds is 19. The number of nitrogens with one attached hydrogen (secondary N) is 8. The third-order valence-corrected chi connectivity index (χ3v) is 15.4. The van der Waals surface area contributed by atoms with Gasteiger partial charge in [-0.1, -0.05) is 90.1 Å². The maximum absolute atomic E-state index is 14.5. The molecule has 0 bridgehead atoms. The molecule has 0 saturated carbocycles. The molecule has 8 N–H and O–H groups in total. The predicted molar refractivity (Wildman–Crippen MR) is 297 cm³/mol. The third-order valence-electron chi connectivity index (χ3n) is 15.4. The second-order valence-electron chi connectivity index (χ2n) is 23.2. The zero-order chi connectivity index (χ0) is 54.1. The van der Waals surface area contributed by atoms with E-state index in [2.05, 4.69) is 54.7 Å². The molecule has 2 aromatic rings. The van der Waals surface area contributed by atoms with Gasteiger partial charge >= 0.3 is 0 Å². The van der Waals surface area contributed by atoms with Gasteiger partial charge in [-0.25, -0.2) is 0 Å². The van der Waals surface area contributed by atoms with Crippen LogP contribution in [0.1, 0.15) is 154 Å². The van der Waals surface area contributed by atoms with Crippen molar-refractivity contribution in [3.63, 3.8) is 0 Å². The van der Waals surface area contributed by atoms with Crippen LogP contribution in [0.5, 0.6) is 0 Å². The van der Waals surface area contributed by atoms with Gasteiger partial charge in [-0.3, -0.25) is 38.4 Å². The topological polar surface area (TPSA) is 239 Å². The summed E-state index contributed by atoms with van der Waals surface area (Å²) in [7, 11) is 3.32. The molecule has 2 aliphatic heterocycles. The van der Waals surface area contributed by atoms with Crippen molar-refractivity contribution in [1.29, 1.82) is 0 Å². The minimum absolute atomic E-state index is 0. The smallest absolute Gasteiger partial charge is 0.246 e. The van der Waals surface area contributed by atoms with E-state index in [1.54, 1.807) is 27.9 Å². The monoisotopic (exact) mass is 1100 g/mol. The van der Waals surface area contributed by atoms with Crippen molar-refractivity contribution in [3.8, 4) is 0 Å². The summed E-state index contributed by atoms with van der Waals surface area (Å²) < 4.78 is 0. The van der Waals surface area contributed by atoms with Gasteiger partial charge in [0.05, 0.1) is 24.2 Å². The molecule has 8 amide bonds. The Labute approximate surface area is 462 Å². The van der Waals surface area contributed by atoms with Crippen molar-refractivity contribution in [1.82, 2.24) is 52.3 Å². The molecule has 2 aliphatic carbocycles. The Morgan fingerprint density at radius 1 is 0.553 bits per heavy atom. The van der Waals surface area contributed by atoms with Crippen molar-refractivity contribution < 1.29 is 38.4 Å². The van der Waals surface area contributed by atoms with Crippen LogP contribution in [0, 0.1) is 10.8 Å². The molecule has 422 valence electrons. The molecule has 4 aliphatic rings. The molecule has 20 heteroatoms. The molecule has 10 atom stereocenters. The minimum atomic E-state index is -0.951. The van der Waals surface area contributed by atoms with E-state index in [9.17, 15) is 38.4 Å². The summed E-state index contributed by atoms with van der Waals surface area (Å²) in [5, 5.41) is 24.2. The van der Waals surface area contributed by atoms with Crippen LogP contribution in [0.4, 0.5) is 0 Å². The SMILES string of the molecule is CN[C@@H](C)C(=O)N[C@@H](C(=O)N1C[C@@H](NC(=O)CCCCC(=O)N[C@H]2C[C@@H](C(=O)N[C@@H]3CCCc4ccccc43)N(C(=O)[C@H](NC(=O)[C@H](C)NC)C(C)(C)C)C2)CC1C(=O)N[C@@H]1CCCc2ccccc21)C(C)(C)C.Cl.Cl. The van der Waals surface area contributed by atoms with E-state index < -0.39 is 71.0 Å². The van der Waals surface area contributed by atoms with Gasteiger partial charge in [0.15, 0.2) is 0 Å². The van der Waals surface area contributed by atoms with Gasteiger partial charge in [-0.15, -0.1) is 24.8 Å². The maximum atomic E-state index is 14.5. The normalized spacial score (nSPS) is 22.6. The highest BCUT2D eigenvalue weighted by atomic mass is 35.5. The Kier molecular flexibility index (Phi) is 23.2. The molecule has 2 fully saturated rings. The number of benzene rings is 2. The molecule has 0 spiro atoms. The molecule has 0 aromatic heterocycles. The van der Waals surface area contributed by atoms with Crippen LogP contribution in [0.3, 0.4) is 0 Å². The van der Waals surface area contributed by atoms with Gasteiger partial charge < -0.3 is 52.3 Å². The van der Waals surface area contributed by atoms with Crippen LogP contribution in [0.25, 0.3) is 0 Å². The molecule has 2 heterocycles. The zero-order valence-electron chi connectivity index (χ0n) is 46.3. The molecule has 18 nitrogen and oxygen atoms in total. The van der Waals surface area contributed by atoms with Crippen molar-refractivity contribution in [2.75, 3.05) is 27.2 Å². The van der Waals surface area contributed by atoms with Crippen LogP contribution in [-0.2, 0) is 51.2 Å². The quantitative estimate of drug-likeness (QED) is 0.0933. The Morgan fingerprint density at radius 3 is 1.25 bits per heavy atom. The van der Waals surface area contributed by atoms with E-state index in [4.69, 9.17) is 0 Å². The van der Waals surface area contributed by atoms with Crippen LogP contribution < -0.4 is 42.5 Å². The van der Waals surface area contributed by atoms with Gasteiger partial charge in [0.2, 0.25) is 47.3 Å². The van der Waals surface area contributed by atoms with Crippen molar-refractivity contribution in [2.45, 2.75) is 193 Å². The van der Waals surface area contributed by atoms with E-state index in [0.717, 1.165) is 49.7 Å². The number of nitrogens with zero attached hydrogens (tertiary/aromatic N) is 2. The van der Waals surface area contributed by atoms with E-state index in [1.807, 2.05) is 77.9 Å². The van der Waals surface area contributed by atoms with Crippen molar-refractivity contribution >= 4 is 72.1 Å². The van der Waals surface area contributed by atoms with Crippen LogP contribution >= 0.6 is 24.8 Å². The Hall–Kier alpha value is -5.30. The van der Waals surface area contributed by atoms with Crippen LogP contribution in [0.15, 0.2) is 48.5 Å². The first kappa shape index (κ1) is 63.2. The van der Waals surface area contributed by atoms with Crippen molar-refractivity contribution in [3.05, 3.63) is 70.8 Å². The number of carbonyl (C=O) groups excluding carboxylic acids is 8. The lowest BCUT2D eigenvalue weighted by molar-refractivity contribution is -0.144. The number of fused-ring (bicyclic) bond motifs is 2. The molecule has 0 radical (unpaired) electrons. The fourth-order valence-corrected chi connectivity index (χ4v) is 10.8. The molecule has 1 unspecified atom stereocenters. The maximum Gasteiger partial charge on any atom is 0.246 e. The van der Waals surface area contributed by atoms with E-state index in [1.165, 1.54) is 20.9 Å². The Morgan fingerprint density at radius 2 is 0.908 bits per heavy atom. The summed E-state index contributed by atoms with van der Waals surface area (Å²) in [5.41, 5.74) is 3.07. The molecular weight excluding hydrogens is 1010 g/mol. The zero-order valence-corrected chi connectivity index (χ0v) is 47.9. The predicted octanol–water partition coefficient (Wildman–Crippen LogP) is 4.23. The summed E-state index contributed by atoms with van der Waals surface area (Å²) in [5.74, 6) is -2.70. The van der Waals surface area contributed by atoms with Gasteiger partial charge in [0.25, 0.3) is 0 Å². The summed E-state index contributed by atoms with van der Waals surface area (Å²) in [4.78, 5) is 114. The first-order chi connectivity index (χ1) is 35.0. The Balaban J connectivity index is 0.00000624. The highest BCUT2D eigenvalue weighted by Crippen LogP contribution is 2.34. The van der Waals surface area contributed by atoms with Gasteiger partial charge in [-0.2, -0.15) is 0 Å². The van der Waals surface area contributed by atoms with E-state index >= 15 is 0 Å². The standard InChI is InChI=1S/C56H84N10O8.2ClH/c1-33(57-9)49(69)63-47(55(3,4)5)53(73)65-31-37(29-43(65)51(71)61-41-25-17-21-35-19-11-13-23-39(35)41)59-45(67)27-15-16-28-46(68)60-38-30-44(52(72)62-42-26-18-22-36-20-12-14-24-40(36)42)66(32-38)54(74)48(56(6,7)8)64-50(70)34(2)58-10;;/h11-14,19-20,23-24,33-34,37-38,41-44,47-48,57-58H,15-18,21-22,25-32H2,1-10H3,(H,59,67)(H,60,68)(H,61,71)(H,62,72)(H,63,69)(H,64,70);2*1H/t33-,34-,37-,38-,41+,42+,43-,44?,47-,48-;;/m0../s1. The Bertz CT molecular complexity index is 2210. The van der Waals surface area contributed by atoms with Crippen molar-refractivity contribution in [2.24, 2.45) is 10.8 Å². The number of likely N-dealkylation sites (tertiary alicyclic amines) is 2. The van der Waals surface area contributed by atoms with Crippen LogP contribution in [-0.4, -0.2) is 133 Å². The number of likely N-dealkylation sites (N-methyl/N-ethyl adjacent to an activating group) is 2. The number of unbranched alkanes of at least 4 members (excludes halogenated alkanes) is 1. The summed E-state index contributed by atoms with van der Waals surface area (Å²) in [6.45, 7) is 14.7. The van der Waals surface area contributed by atoms with Crippen LogP contribution in [0.2, 0.25) is 0 Å². The average Bonchev–Trinajstić information content (AvgIpc) is 3.99. The largest absolute Gasteiger partial charge is 0.351 e. The number of hydrogen-bond acceptors (Lipinski definition) is 10. The first-order valence-electron chi connectivity index (χ1n) is 26.9. The highest BCUT2D eigenvalue weighted by molar-refractivity contribution is 5.95. The van der Waals surface area contributed by atoms with Gasteiger partial charge in [0.1, 0.15) is 24.2 Å². The molecule has 2 saturated heterocycles. The number of halogens is 2. The summed E-state index contributed by atoms with van der Waals surface area (Å²) >= 11 is 0. The molecule has 2 aromatic carbocycles.